The summed E-state index contributed by atoms with van der Waals surface area (Å²) in [5.74, 6) is 0.0688. The van der Waals surface area contributed by atoms with E-state index in [0.717, 1.165) is 9.88 Å². The second-order valence-electron chi connectivity index (χ2n) is 2.59. The molecule has 0 saturated heterocycles. The van der Waals surface area contributed by atoms with Gasteiger partial charge in [-0.2, -0.15) is 0 Å². The third-order valence-electron chi connectivity index (χ3n) is 1.50. The molecule has 4 heteroatoms. The van der Waals surface area contributed by atoms with E-state index in [1.807, 2.05) is 13.8 Å². The van der Waals surface area contributed by atoms with Crippen LogP contribution in [-0.4, -0.2) is 24.4 Å². The molecule has 0 saturated carbocycles. The number of hydrogen-bond acceptors (Lipinski definition) is 4. The Morgan fingerprint density at radius 2 is 2.25 bits per heavy atom. The van der Waals surface area contributed by atoms with Crippen molar-refractivity contribution in [3.05, 3.63) is 15.6 Å². The van der Waals surface area contributed by atoms with Crippen molar-refractivity contribution in [1.29, 1.82) is 0 Å². The van der Waals surface area contributed by atoms with Crippen LogP contribution >= 0.6 is 11.3 Å². The minimum Gasteiger partial charge on any atom is -0.313 e. The SMILES string of the molecule is CNCC(=O)c1nc(C)sc1C. The highest BCUT2D eigenvalue weighted by Gasteiger charge is 2.12. The lowest BCUT2D eigenvalue weighted by molar-refractivity contribution is 0.0989. The van der Waals surface area contributed by atoms with Gasteiger partial charge in [0, 0.05) is 4.88 Å². The molecule has 66 valence electrons. The number of thiazole rings is 1. The zero-order valence-electron chi connectivity index (χ0n) is 7.47. The van der Waals surface area contributed by atoms with Crippen LogP contribution in [0.1, 0.15) is 20.4 Å². The average molecular weight is 184 g/mol. The Morgan fingerprint density at radius 1 is 1.58 bits per heavy atom. The number of carbonyl (C=O) groups is 1. The highest BCUT2D eigenvalue weighted by molar-refractivity contribution is 7.11. The molecule has 0 aliphatic heterocycles. The quantitative estimate of drug-likeness (QED) is 0.717. The second-order valence-corrected chi connectivity index (χ2v) is 4.00. The monoisotopic (exact) mass is 184 g/mol. The standard InChI is InChI=1S/C8H12N2OS/c1-5-8(7(11)4-9-3)10-6(2)12-5/h9H,4H2,1-3H3. The summed E-state index contributed by atoms with van der Waals surface area (Å²) in [6, 6.07) is 0. The van der Waals surface area contributed by atoms with Gasteiger partial charge >= 0.3 is 0 Å². The maximum atomic E-state index is 11.4. The van der Waals surface area contributed by atoms with Gasteiger partial charge in [0.05, 0.1) is 11.6 Å². The number of Topliss-reactive ketones (excluding diaryl/α,β-unsaturated/α-hetero) is 1. The van der Waals surface area contributed by atoms with Gasteiger partial charge in [0.15, 0.2) is 5.78 Å². The molecule has 1 rings (SSSR count). The van der Waals surface area contributed by atoms with Crippen molar-refractivity contribution in [2.45, 2.75) is 13.8 Å². The van der Waals surface area contributed by atoms with Crippen molar-refractivity contribution in [2.75, 3.05) is 13.6 Å². The average Bonchev–Trinajstić information content (AvgIpc) is 2.30. The minimum absolute atomic E-state index is 0.0688. The third kappa shape index (κ3) is 1.89. The number of nitrogens with one attached hydrogen (secondary N) is 1. The maximum Gasteiger partial charge on any atom is 0.196 e. The molecule has 12 heavy (non-hydrogen) atoms. The number of aryl methyl sites for hydroxylation is 2. The molecule has 0 unspecified atom stereocenters. The van der Waals surface area contributed by atoms with Gasteiger partial charge in [0.25, 0.3) is 0 Å². The molecule has 0 aliphatic rings. The Kier molecular flexibility index (Phi) is 2.94. The maximum absolute atomic E-state index is 11.4. The van der Waals surface area contributed by atoms with Gasteiger partial charge in [-0.25, -0.2) is 4.98 Å². The van der Waals surface area contributed by atoms with Gasteiger partial charge in [0.2, 0.25) is 0 Å². The van der Waals surface area contributed by atoms with Gasteiger partial charge in [0.1, 0.15) is 5.69 Å². The summed E-state index contributed by atoms with van der Waals surface area (Å²) in [5, 5.41) is 3.77. The van der Waals surface area contributed by atoms with E-state index in [9.17, 15) is 4.79 Å². The van der Waals surface area contributed by atoms with Crippen LogP contribution in [0.15, 0.2) is 0 Å². The van der Waals surface area contributed by atoms with Crippen molar-refractivity contribution < 1.29 is 4.79 Å². The predicted molar refractivity (Wildman–Crippen MR) is 49.8 cm³/mol. The Morgan fingerprint density at radius 3 is 2.67 bits per heavy atom. The molecule has 0 aliphatic carbocycles. The van der Waals surface area contributed by atoms with Crippen LogP contribution in [-0.2, 0) is 0 Å². The van der Waals surface area contributed by atoms with E-state index < -0.39 is 0 Å². The minimum atomic E-state index is 0.0688. The van der Waals surface area contributed by atoms with Crippen LogP contribution in [0, 0.1) is 13.8 Å². The highest BCUT2D eigenvalue weighted by atomic mass is 32.1. The summed E-state index contributed by atoms with van der Waals surface area (Å²) >= 11 is 1.56. The summed E-state index contributed by atoms with van der Waals surface area (Å²) in [7, 11) is 1.76. The van der Waals surface area contributed by atoms with Crippen molar-refractivity contribution >= 4 is 17.1 Å². The van der Waals surface area contributed by atoms with Gasteiger partial charge < -0.3 is 5.32 Å². The predicted octanol–water partition coefficient (Wildman–Crippen LogP) is 1.16. The van der Waals surface area contributed by atoms with Gasteiger partial charge in [-0.15, -0.1) is 11.3 Å². The fraction of sp³-hybridized carbons (Fsp3) is 0.500. The van der Waals surface area contributed by atoms with E-state index in [-0.39, 0.29) is 5.78 Å². The second kappa shape index (κ2) is 3.78. The lowest BCUT2D eigenvalue weighted by atomic mass is 10.2. The number of aromatic nitrogens is 1. The van der Waals surface area contributed by atoms with Crippen LogP contribution in [0.4, 0.5) is 0 Å². The summed E-state index contributed by atoms with van der Waals surface area (Å²) in [5.41, 5.74) is 0.617. The Balaban J connectivity index is 2.87. The van der Waals surface area contributed by atoms with Crippen molar-refractivity contribution in [2.24, 2.45) is 0 Å². The molecule has 0 radical (unpaired) electrons. The molecule has 1 aromatic heterocycles. The molecule has 1 aromatic rings. The Labute approximate surface area is 75.8 Å². The molecule has 0 bridgehead atoms. The molecular weight excluding hydrogens is 172 g/mol. The molecule has 0 aromatic carbocycles. The zero-order valence-corrected chi connectivity index (χ0v) is 8.29. The molecule has 0 spiro atoms. The fourth-order valence-corrected chi connectivity index (χ4v) is 1.87. The molecule has 0 amide bonds. The van der Waals surface area contributed by atoms with Crippen LogP contribution in [0.25, 0.3) is 0 Å². The van der Waals surface area contributed by atoms with Crippen molar-refractivity contribution in [1.82, 2.24) is 10.3 Å². The van der Waals surface area contributed by atoms with Gasteiger partial charge in [-0.3, -0.25) is 4.79 Å². The first-order valence-electron chi connectivity index (χ1n) is 3.77. The summed E-state index contributed by atoms with van der Waals surface area (Å²) in [4.78, 5) is 16.5. The van der Waals surface area contributed by atoms with E-state index in [4.69, 9.17) is 0 Å². The van der Waals surface area contributed by atoms with E-state index in [0.29, 0.717) is 12.2 Å². The first-order chi connectivity index (χ1) is 5.65. The van der Waals surface area contributed by atoms with E-state index >= 15 is 0 Å². The Hall–Kier alpha value is -0.740. The van der Waals surface area contributed by atoms with Crippen molar-refractivity contribution in [3.63, 3.8) is 0 Å². The van der Waals surface area contributed by atoms with Crippen LogP contribution in [0.2, 0.25) is 0 Å². The first kappa shape index (κ1) is 9.35. The molecule has 1 N–H and O–H groups in total. The number of likely N-dealkylation sites (N-methyl/N-ethyl adjacent to an activating group) is 1. The number of rotatable bonds is 3. The van der Waals surface area contributed by atoms with Gasteiger partial charge in [-0.1, -0.05) is 0 Å². The Bertz CT molecular complexity index is 293. The van der Waals surface area contributed by atoms with Crippen LogP contribution in [0.5, 0.6) is 0 Å². The van der Waals surface area contributed by atoms with Crippen molar-refractivity contribution in [3.8, 4) is 0 Å². The lowest BCUT2D eigenvalue weighted by Crippen LogP contribution is -2.19. The highest BCUT2D eigenvalue weighted by Crippen LogP contribution is 2.16. The molecule has 0 fully saturated rings. The molecule has 1 heterocycles. The molecule has 0 atom stereocenters. The molecular formula is C8H12N2OS. The van der Waals surface area contributed by atoms with E-state index in [1.165, 1.54) is 0 Å². The van der Waals surface area contributed by atoms with Gasteiger partial charge in [-0.05, 0) is 20.9 Å². The van der Waals surface area contributed by atoms with E-state index in [1.54, 1.807) is 18.4 Å². The lowest BCUT2D eigenvalue weighted by Gasteiger charge is -1.95. The smallest absolute Gasteiger partial charge is 0.196 e. The van der Waals surface area contributed by atoms with Crippen LogP contribution < -0.4 is 5.32 Å². The third-order valence-corrected chi connectivity index (χ3v) is 2.39. The number of hydrogen-bond donors (Lipinski definition) is 1. The molecule has 3 nitrogen and oxygen atoms in total. The summed E-state index contributed by atoms with van der Waals surface area (Å²) in [6.45, 7) is 4.20. The first-order valence-corrected chi connectivity index (χ1v) is 4.58. The number of nitrogens with zero attached hydrogens (tertiary/aromatic N) is 1. The number of ketones is 1. The summed E-state index contributed by atoms with van der Waals surface area (Å²) in [6.07, 6.45) is 0. The zero-order chi connectivity index (χ0) is 9.14. The summed E-state index contributed by atoms with van der Waals surface area (Å²) < 4.78 is 0. The number of carbonyl (C=O) groups excluding carboxylic acids is 1. The fourth-order valence-electron chi connectivity index (χ4n) is 1.03. The normalized spacial score (nSPS) is 10.2. The van der Waals surface area contributed by atoms with Crippen LogP contribution in [0.3, 0.4) is 0 Å². The largest absolute Gasteiger partial charge is 0.313 e. The topological polar surface area (TPSA) is 42.0 Å². The van der Waals surface area contributed by atoms with E-state index in [2.05, 4.69) is 10.3 Å².